The zero-order valence-corrected chi connectivity index (χ0v) is 16.6. The Balaban J connectivity index is 1.31. The fourth-order valence-electron chi connectivity index (χ4n) is 3.22. The molecule has 3 aromatic rings. The van der Waals surface area contributed by atoms with Crippen LogP contribution in [0.2, 0.25) is 0 Å². The third-order valence-electron chi connectivity index (χ3n) is 4.69. The number of carbonyl (C=O) groups excluding carboxylic acids is 1. The Hall–Kier alpha value is -2.84. The minimum atomic E-state index is -0.222. The van der Waals surface area contributed by atoms with E-state index in [0.29, 0.717) is 25.2 Å². The van der Waals surface area contributed by atoms with E-state index in [1.54, 1.807) is 30.1 Å². The van der Waals surface area contributed by atoms with Gasteiger partial charge in [-0.25, -0.2) is 9.37 Å². The van der Waals surface area contributed by atoms with E-state index in [1.165, 1.54) is 6.07 Å². The van der Waals surface area contributed by atoms with Gasteiger partial charge in [-0.05, 0) is 24.6 Å². The number of aromatic nitrogens is 2. The predicted molar refractivity (Wildman–Crippen MR) is 115 cm³/mol. The molecule has 0 aliphatic carbocycles. The summed E-state index contributed by atoms with van der Waals surface area (Å²) in [5.74, 6) is 0.569. The highest BCUT2D eigenvalue weighted by Gasteiger charge is 2.22. The van der Waals surface area contributed by atoms with E-state index in [9.17, 15) is 9.18 Å². The number of H-pyrrole nitrogens is 1. The first kappa shape index (κ1) is 19.5. The van der Waals surface area contributed by atoms with Crippen molar-refractivity contribution in [2.24, 2.45) is 0 Å². The Kier molecular flexibility index (Phi) is 6.12. The first-order chi connectivity index (χ1) is 14.2. The zero-order chi connectivity index (χ0) is 20.1. The summed E-state index contributed by atoms with van der Waals surface area (Å²) in [7, 11) is 0. The second kappa shape index (κ2) is 9.11. The van der Waals surface area contributed by atoms with Crippen LogP contribution < -0.4 is 16.0 Å². The maximum absolute atomic E-state index is 13.6. The van der Waals surface area contributed by atoms with Gasteiger partial charge in [-0.15, -0.1) is 11.8 Å². The number of hydrogen-bond donors (Lipinski definition) is 4. The summed E-state index contributed by atoms with van der Waals surface area (Å²) in [5.41, 5.74) is 3.30. The van der Waals surface area contributed by atoms with Crippen LogP contribution in [-0.4, -0.2) is 34.7 Å². The van der Waals surface area contributed by atoms with E-state index in [1.807, 2.05) is 24.4 Å². The van der Waals surface area contributed by atoms with Crippen molar-refractivity contribution in [3.63, 3.8) is 0 Å². The van der Waals surface area contributed by atoms with Crippen LogP contribution in [0.3, 0.4) is 0 Å². The second-order valence-corrected chi connectivity index (χ2v) is 7.76. The molecule has 1 aliphatic rings. The van der Waals surface area contributed by atoms with Gasteiger partial charge in [-0.1, -0.05) is 18.2 Å². The van der Waals surface area contributed by atoms with Gasteiger partial charge in [0.2, 0.25) is 0 Å². The quantitative estimate of drug-likeness (QED) is 0.427. The summed E-state index contributed by atoms with van der Waals surface area (Å²) >= 11 is 1.56. The lowest BCUT2D eigenvalue weighted by Gasteiger charge is -2.12. The number of allylic oxidation sites excluding steroid dienone is 1. The van der Waals surface area contributed by atoms with Crippen molar-refractivity contribution in [2.75, 3.05) is 24.2 Å². The summed E-state index contributed by atoms with van der Waals surface area (Å²) in [5, 5.41) is 10.5. The minimum Gasteiger partial charge on any atom is -0.357 e. The highest BCUT2D eigenvalue weighted by atomic mass is 32.2. The number of fused-ring (bicyclic) bond motifs is 1. The third kappa shape index (κ3) is 4.60. The SMILES string of the molecule is O=C(NCCNCc1ccccc1F)C1=C(Nc2ccnc3[nH]ccc23)CCS1. The largest absolute Gasteiger partial charge is 0.357 e. The molecule has 2 aromatic heterocycles. The molecule has 8 heteroatoms. The fourth-order valence-corrected chi connectivity index (χ4v) is 4.26. The molecule has 0 saturated heterocycles. The number of nitrogens with zero attached hydrogens (tertiary/aromatic N) is 1. The Bertz CT molecular complexity index is 1050. The lowest BCUT2D eigenvalue weighted by Crippen LogP contribution is -2.32. The Morgan fingerprint density at radius 2 is 2.10 bits per heavy atom. The lowest BCUT2D eigenvalue weighted by molar-refractivity contribution is -0.116. The molecule has 1 amide bonds. The number of rotatable bonds is 8. The van der Waals surface area contributed by atoms with Crippen molar-refractivity contribution in [3.05, 3.63) is 70.8 Å². The topological polar surface area (TPSA) is 81.8 Å². The molecule has 1 aliphatic heterocycles. The number of nitrogens with one attached hydrogen (secondary N) is 4. The zero-order valence-electron chi connectivity index (χ0n) is 15.8. The number of carbonyl (C=O) groups is 1. The molecule has 0 saturated carbocycles. The number of pyridine rings is 1. The van der Waals surface area contributed by atoms with Crippen LogP contribution in [0.15, 0.2) is 59.4 Å². The molecular weight excluding hydrogens is 389 g/mol. The molecule has 0 fully saturated rings. The van der Waals surface area contributed by atoms with Crippen LogP contribution in [0.4, 0.5) is 10.1 Å². The molecule has 29 heavy (non-hydrogen) atoms. The lowest BCUT2D eigenvalue weighted by atomic mass is 10.2. The minimum absolute atomic E-state index is 0.0814. The van der Waals surface area contributed by atoms with Crippen molar-refractivity contribution in [1.82, 2.24) is 20.6 Å². The number of thioether (sulfide) groups is 1. The number of amides is 1. The number of anilines is 1. The first-order valence-electron chi connectivity index (χ1n) is 9.50. The summed E-state index contributed by atoms with van der Waals surface area (Å²) in [6, 6.07) is 10.6. The van der Waals surface area contributed by atoms with Crippen molar-refractivity contribution < 1.29 is 9.18 Å². The monoisotopic (exact) mass is 411 g/mol. The molecule has 6 nitrogen and oxygen atoms in total. The highest BCUT2D eigenvalue weighted by Crippen LogP contribution is 2.33. The van der Waals surface area contributed by atoms with Gasteiger partial charge in [0.1, 0.15) is 11.5 Å². The maximum atomic E-state index is 13.6. The highest BCUT2D eigenvalue weighted by molar-refractivity contribution is 8.04. The molecule has 1 aromatic carbocycles. The molecule has 3 heterocycles. The molecule has 0 spiro atoms. The van der Waals surface area contributed by atoms with Gasteiger partial charge in [0, 0.05) is 54.4 Å². The molecule has 4 N–H and O–H groups in total. The van der Waals surface area contributed by atoms with E-state index >= 15 is 0 Å². The van der Waals surface area contributed by atoms with Gasteiger partial charge in [0.05, 0.1) is 10.6 Å². The van der Waals surface area contributed by atoms with Gasteiger partial charge >= 0.3 is 0 Å². The number of aromatic amines is 1. The number of halogens is 1. The summed E-state index contributed by atoms with van der Waals surface area (Å²) in [4.78, 5) is 20.7. The standard InChI is InChI=1S/C21H22FN5OS/c22-16-4-2-1-3-14(16)13-23-10-11-26-21(28)19-18(7-12-29-19)27-17-6-9-25-20-15(17)5-8-24-20/h1-6,8-9,23H,7,10-13H2,(H,26,28)(H2,24,25,27). The summed E-state index contributed by atoms with van der Waals surface area (Å²) in [6.45, 7) is 1.47. The average molecular weight is 412 g/mol. The Labute approximate surface area is 172 Å². The van der Waals surface area contributed by atoms with E-state index in [-0.39, 0.29) is 11.7 Å². The Morgan fingerprint density at radius 3 is 3.00 bits per heavy atom. The first-order valence-corrected chi connectivity index (χ1v) is 10.5. The van der Waals surface area contributed by atoms with Crippen LogP contribution >= 0.6 is 11.8 Å². The molecule has 0 radical (unpaired) electrons. The van der Waals surface area contributed by atoms with Crippen LogP contribution in [0.5, 0.6) is 0 Å². The molecule has 0 atom stereocenters. The number of benzene rings is 1. The predicted octanol–water partition coefficient (Wildman–Crippen LogP) is 3.37. The fraction of sp³-hybridized carbons (Fsp3) is 0.238. The van der Waals surface area contributed by atoms with Crippen molar-refractivity contribution in [2.45, 2.75) is 13.0 Å². The maximum Gasteiger partial charge on any atom is 0.259 e. The molecule has 0 bridgehead atoms. The smallest absolute Gasteiger partial charge is 0.259 e. The van der Waals surface area contributed by atoms with E-state index < -0.39 is 0 Å². The van der Waals surface area contributed by atoms with Crippen LogP contribution in [0, 0.1) is 5.82 Å². The van der Waals surface area contributed by atoms with E-state index in [0.717, 1.165) is 39.5 Å². The third-order valence-corrected chi connectivity index (χ3v) is 5.81. The summed E-state index contributed by atoms with van der Waals surface area (Å²) in [6.07, 6.45) is 4.40. The molecule has 4 rings (SSSR count). The van der Waals surface area contributed by atoms with Gasteiger partial charge in [0.15, 0.2) is 0 Å². The number of hydrogen-bond acceptors (Lipinski definition) is 5. The normalized spacial score (nSPS) is 13.8. The molecular formula is C21H22FN5OS. The van der Waals surface area contributed by atoms with Crippen molar-refractivity contribution in [3.8, 4) is 0 Å². The van der Waals surface area contributed by atoms with Gasteiger partial charge < -0.3 is 20.9 Å². The van der Waals surface area contributed by atoms with Gasteiger partial charge in [-0.3, -0.25) is 4.79 Å². The average Bonchev–Trinajstić information content (AvgIpc) is 3.39. The van der Waals surface area contributed by atoms with E-state index in [4.69, 9.17) is 0 Å². The van der Waals surface area contributed by atoms with Crippen LogP contribution in [0.1, 0.15) is 12.0 Å². The van der Waals surface area contributed by atoms with E-state index in [2.05, 4.69) is 25.9 Å². The van der Waals surface area contributed by atoms with Crippen molar-refractivity contribution >= 4 is 34.4 Å². The Morgan fingerprint density at radius 1 is 1.21 bits per heavy atom. The molecule has 0 unspecified atom stereocenters. The van der Waals surface area contributed by atoms with Gasteiger partial charge in [-0.2, -0.15) is 0 Å². The van der Waals surface area contributed by atoms with Crippen molar-refractivity contribution in [1.29, 1.82) is 0 Å². The van der Waals surface area contributed by atoms with Gasteiger partial charge in [0.25, 0.3) is 5.91 Å². The second-order valence-electron chi connectivity index (χ2n) is 6.65. The summed E-state index contributed by atoms with van der Waals surface area (Å²) < 4.78 is 13.6. The molecule has 150 valence electrons. The van der Waals surface area contributed by atoms with Crippen LogP contribution in [0.25, 0.3) is 11.0 Å². The van der Waals surface area contributed by atoms with Crippen LogP contribution in [-0.2, 0) is 11.3 Å².